The van der Waals surface area contributed by atoms with Gasteiger partial charge in [-0.2, -0.15) is 5.16 Å². The number of hydrogen-bond donors (Lipinski definition) is 1. The number of rotatable bonds is 1. The number of likely N-dealkylation sites (N-methyl/N-ethyl adjacent to an activating group) is 1. The van der Waals surface area contributed by atoms with Crippen molar-refractivity contribution in [2.24, 2.45) is 0 Å². The van der Waals surface area contributed by atoms with E-state index in [0.717, 1.165) is 13.1 Å². The Hall–Kier alpha value is -2.81. The van der Waals surface area contributed by atoms with E-state index >= 15 is 4.39 Å². The molecule has 4 heterocycles. The van der Waals surface area contributed by atoms with Crippen molar-refractivity contribution in [1.82, 2.24) is 14.6 Å². The summed E-state index contributed by atoms with van der Waals surface area (Å²) in [6.07, 6.45) is 0. The Morgan fingerprint density at radius 1 is 1.22 bits per heavy atom. The van der Waals surface area contributed by atoms with E-state index in [2.05, 4.69) is 10.1 Å². The minimum absolute atomic E-state index is 0.0889. The number of pyridine rings is 1. The number of ether oxygens (including phenoxy) is 1. The minimum Gasteiger partial charge on any atom is -0.487 e. The molecule has 1 N–H and O–H groups in total. The largest absolute Gasteiger partial charge is 0.487 e. The Morgan fingerprint density at radius 2 is 1.96 bits per heavy atom. The van der Waals surface area contributed by atoms with Gasteiger partial charge in [0.15, 0.2) is 17.0 Å². The van der Waals surface area contributed by atoms with Gasteiger partial charge in [-0.15, -0.1) is 0 Å². The minimum atomic E-state index is -0.607. The standard InChI is InChI=1S/C18H19FN4O4/c1-9-8-26-16-13-10(15(24)12-17(25)20-27-18(12)23(9)13)7-11(19)14(16)22-5-3-21(2)4-6-22/h7,9H,3-6,8H2,1-2H3,(H,20,25). The van der Waals surface area contributed by atoms with E-state index in [1.807, 2.05) is 18.9 Å². The number of benzene rings is 1. The van der Waals surface area contributed by atoms with Crippen LogP contribution in [0, 0.1) is 5.82 Å². The molecule has 2 aliphatic rings. The van der Waals surface area contributed by atoms with Crippen LogP contribution >= 0.6 is 0 Å². The van der Waals surface area contributed by atoms with Crippen LogP contribution in [-0.4, -0.2) is 54.5 Å². The molecule has 9 heteroatoms. The molecule has 8 nitrogen and oxygen atoms in total. The fourth-order valence-electron chi connectivity index (χ4n) is 4.08. The van der Waals surface area contributed by atoms with E-state index in [1.165, 1.54) is 6.07 Å². The van der Waals surface area contributed by atoms with Gasteiger partial charge >= 0.3 is 0 Å². The number of hydrogen-bond acceptors (Lipinski definition) is 6. The van der Waals surface area contributed by atoms with E-state index in [1.54, 1.807) is 4.57 Å². The van der Waals surface area contributed by atoms with Crippen molar-refractivity contribution in [2.75, 3.05) is 44.7 Å². The van der Waals surface area contributed by atoms with Crippen LogP contribution in [0.2, 0.25) is 0 Å². The Morgan fingerprint density at radius 3 is 2.70 bits per heavy atom. The van der Waals surface area contributed by atoms with Gasteiger partial charge in [-0.25, -0.2) is 4.39 Å². The molecule has 0 radical (unpaired) electrons. The molecular weight excluding hydrogens is 355 g/mol. The van der Waals surface area contributed by atoms with Crippen LogP contribution in [0.25, 0.3) is 22.0 Å². The Bertz CT molecular complexity index is 1190. The quantitative estimate of drug-likeness (QED) is 0.691. The Labute approximate surface area is 152 Å². The summed E-state index contributed by atoms with van der Waals surface area (Å²) in [7, 11) is 2.03. The molecule has 1 unspecified atom stereocenters. The number of aromatic nitrogens is 2. The lowest BCUT2D eigenvalue weighted by molar-refractivity contribution is 0.243. The number of nitrogens with zero attached hydrogens (tertiary/aromatic N) is 3. The second kappa shape index (κ2) is 5.59. The molecule has 0 saturated carbocycles. The Balaban J connectivity index is 1.89. The first-order valence-electron chi connectivity index (χ1n) is 8.95. The fourth-order valence-corrected chi connectivity index (χ4v) is 4.08. The van der Waals surface area contributed by atoms with Crippen molar-refractivity contribution in [3.8, 4) is 5.75 Å². The topological polar surface area (TPSA) is 83.7 Å². The van der Waals surface area contributed by atoms with E-state index < -0.39 is 16.8 Å². The van der Waals surface area contributed by atoms with E-state index in [4.69, 9.17) is 9.26 Å². The van der Waals surface area contributed by atoms with Gasteiger partial charge in [0.25, 0.3) is 5.56 Å². The Kier molecular flexibility index (Phi) is 3.39. The number of fused-ring (bicyclic) bond motifs is 2. The molecule has 0 spiro atoms. The SMILES string of the molecule is CC1COc2c(N3CCN(C)CC3)c(F)cc3c(=O)c4c(=O)[nH]oc4n1c23. The monoisotopic (exact) mass is 374 g/mol. The fraction of sp³-hybridized carbons (Fsp3) is 0.444. The third kappa shape index (κ3) is 2.18. The molecule has 0 bridgehead atoms. The molecule has 1 aromatic carbocycles. The number of halogens is 1. The average molecular weight is 374 g/mol. The van der Waals surface area contributed by atoms with Gasteiger partial charge < -0.3 is 19.1 Å². The van der Waals surface area contributed by atoms with Crippen LogP contribution in [0.5, 0.6) is 5.75 Å². The highest BCUT2D eigenvalue weighted by atomic mass is 19.1. The number of anilines is 1. The summed E-state index contributed by atoms with van der Waals surface area (Å²) in [4.78, 5) is 29.0. The second-order valence-electron chi connectivity index (χ2n) is 7.30. The van der Waals surface area contributed by atoms with Gasteiger partial charge in [-0.05, 0) is 20.0 Å². The highest BCUT2D eigenvalue weighted by molar-refractivity contribution is 5.98. The lowest BCUT2D eigenvalue weighted by Gasteiger charge is -2.36. The van der Waals surface area contributed by atoms with Gasteiger partial charge in [0, 0.05) is 26.2 Å². The van der Waals surface area contributed by atoms with Gasteiger partial charge in [-0.3, -0.25) is 14.2 Å². The zero-order chi connectivity index (χ0) is 18.9. The lowest BCUT2D eigenvalue weighted by atomic mass is 10.1. The maximum Gasteiger partial charge on any atom is 0.293 e. The van der Waals surface area contributed by atoms with Crippen molar-refractivity contribution in [3.05, 3.63) is 32.5 Å². The van der Waals surface area contributed by atoms with Gasteiger partial charge in [0.05, 0.1) is 11.4 Å². The van der Waals surface area contributed by atoms with Gasteiger partial charge in [0.2, 0.25) is 11.1 Å². The summed E-state index contributed by atoms with van der Waals surface area (Å²) in [5, 5.41) is 2.27. The molecule has 0 aliphatic carbocycles. The van der Waals surface area contributed by atoms with E-state index in [-0.39, 0.29) is 22.5 Å². The molecule has 27 heavy (non-hydrogen) atoms. The number of H-pyrrole nitrogens is 1. The molecule has 1 atom stereocenters. The van der Waals surface area contributed by atoms with E-state index in [0.29, 0.717) is 36.6 Å². The second-order valence-corrected chi connectivity index (χ2v) is 7.30. The van der Waals surface area contributed by atoms with Crippen molar-refractivity contribution in [1.29, 1.82) is 0 Å². The normalized spacial score (nSPS) is 20.4. The zero-order valence-corrected chi connectivity index (χ0v) is 15.0. The number of nitrogens with one attached hydrogen (secondary N) is 1. The molecule has 142 valence electrons. The summed E-state index contributed by atoms with van der Waals surface area (Å²) >= 11 is 0. The summed E-state index contributed by atoms with van der Waals surface area (Å²) in [6, 6.07) is 1.05. The zero-order valence-electron chi connectivity index (χ0n) is 15.0. The summed E-state index contributed by atoms with van der Waals surface area (Å²) in [5.41, 5.74) is -0.138. The third-order valence-electron chi connectivity index (χ3n) is 5.52. The maximum atomic E-state index is 15.1. The average Bonchev–Trinajstić information content (AvgIpc) is 3.03. The van der Waals surface area contributed by atoms with Crippen LogP contribution in [0.4, 0.5) is 10.1 Å². The van der Waals surface area contributed by atoms with Gasteiger partial charge in [0.1, 0.15) is 17.8 Å². The molecule has 0 amide bonds. The molecule has 2 aliphatic heterocycles. The van der Waals surface area contributed by atoms with Crippen molar-refractivity contribution >= 4 is 27.7 Å². The van der Waals surface area contributed by atoms with Crippen LogP contribution in [0.15, 0.2) is 20.2 Å². The first-order chi connectivity index (χ1) is 13.0. The number of aromatic amines is 1. The van der Waals surface area contributed by atoms with Crippen molar-refractivity contribution in [3.63, 3.8) is 0 Å². The molecule has 1 fully saturated rings. The van der Waals surface area contributed by atoms with Crippen LogP contribution in [-0.2, 0) is 0 Å². The lowest BCUT2D eigenvalue weighted by Crippen LogP contribution is -2.45. The van der Waals surface area contributed by atoms with Crippen molar-refractivity contribution in [2.45, 2.75) is 13.0 Å². The molecular formula is C18H19FN4O4. The van der Waals surface area contributed by atoms with Crippen molar-refractivity contribution < 1.29 is 13.7 Å². The molecule has 3 aromatic rings. The third-order valence-corrected chi connectivity index (χ3v) is 5.52. The van der Waals surface area contributed by atoms with Crippen LogP contribution < -0.4 is 20.6 Å². The first-order valence-corrected chi connectivity index (χ1v) is 8.95. The predicted octanol–water partition coefficient (Wildman–Crippen LogP) is 1.28. The highest BCUT2D eigenvalue weighted by Crippen LogP contribution is 2.42. The predicted molar refractivity (Wildman–Crippen MR) is 98.5 cm³/mol. The van der Waals surface area contributed by atoms with Crippen LogP contribution in [0.1, 0.15) is 13.0 Å². The first kappa shape index (κ1) is 16.4. The van der Waals surface area contributed by atoms with Gasteiger partial charge in [-0.1, -0.05) is 0 Å². The molecule has 5 rings (SSSR count). The highest BCUT2D eigenvalue weighted by Gasteiger charge is 2.32. The smallest absolute Gasteiger partial charge is 0.293 e. The maximum absolute atomic E-state index is 15.1. The summed E-state index contributed by atoms with van der Waals surface area (Å²) in [5.74, 6) is -0.171. The molecule has 1 saturated heterocycles. The summed E-state index contributed by atoms with van der Waals surface area (Å²) < 4.78 is 28.1. The van der Waals surface area contributed by atoms with E-state index in [9.17, 15) is 9.59 Å². The summed E-state index contributed by atoms with van der Waals surface area (Å²) in [6.45, 7) is 5.14. The number of piperazine rings is 1. The molecule has 2 aromatic heterocycles. The van der Waals surface area contributed by atoms with Crippen LogP contribution in [0.3, 0.4) is 0 Å².